The van der Waals surface area contributed by atoms with Gasteiger partial charge in [0, 0.05) is 48.8 Å². The number of imidazole rings is 1. The second kappa shape index (κ2) is 7.94. The van der Waals surface area contributed by atoms with Gasteiger partial charge in [-0.1, -0.05) is 6.07 Å². The highest BCUT2D eigenvalue weighted by atomic mass is 16.6. The molecule has 7 heteroatoms. The van der Waals surface area contributed by atoms with Gasteiger partial charge in [0.1, 0.15) is 5.76 Å². The SMILES string of the molecule is NOC(CCCC(=O)O)=C(Cn1ccnc1)c1cccnc1. The lowest BCUT2D eigenvalue weighted by Crippen LogP contribution is -2.08. The number of carboxylic acid groups (broad SMARTS) is 1. The largest absolute Gasteiger partial charge is 0.481 e. The Morgan fingerprint density at radius 1 is 1.32 bits per heavy atom. The highest BCUT2D eigenvalue weighted by Gasteiger charge is 2.13. The van der Waals surface area contributed by atoms with Crippen molar-refractivity contribution in [2.45, 2.75) is 25.8 Å². The lowest BCUT2D eigenvalue weighted by molar-refractivity contribution is -0.137. The van der Waals surface area contributed by atoms with Crippen molar-refractivity contribution < 1.29 is 14.7 Å². The summed E-state index contributed by atoms with van der Waals surface area (Å²) in [5, 5.41) is 8.75. The number of carbonyl (C=O) groups is 1. The maximum absolute atomic E-state index is 10.7. The molecule has 2 rings (SSSR count). The van der Waals surface area contributed by atoms with Crippen molar-refractivity contribution in [1.29, 1.82) is 0 Å². The molecule has 0 aromatic carbocycles. The third kappa shape index (κ3) is 4.42. The third-order valence-corrected chi connectivity index (χ3v) is 3.18. The van der Waals surface area contributed by atoms with Crippen LogP contribution in [0.25, 0.3) is 5.57 Å². The summed E-state index contributed by atoms with van der Waals surface area (Å²) >= 11 is 0. The van der Waals surface area contributed by atoms with E-state index in [2.05, 4.69) is 9.97 Å². The van der Waals surface area contributed by atoms with Crippen molar-refractivity contribution in [3.63, 3.8) is 0 Å². The van der Waals surface area contributed by atoms with Crippen LogP contribution in [-0.4, -0.2) is 25.6 Å². The topological polar surface area (TPSA) is 103 Å². The fourth-order valence-corrected chi connectivity index (χ4v) is 2.13. The summed E-state index contributed by atoms with van der Waals surface area (Å²) in [5.41, 5.74) is 1.74. The first-order valence-electron chi connectivity index (χ1n) is 6.87. The van der Waals surface area contributed by atoms with E-state index in [9.17, 15) is 4.79 Å². The van der Waals surface area contributed by atoms with E-state index in [-0.39, 0.29) is 6.42 Å². The normalized spacial score (nSPS) is 11.9. The zero-order valence-electron chi connectivity index (χ0n) is 12.1. The summed E-state index contributed by atoms with van der Waals surface area (Å²) in [6, 6.07) is 3.74. The average molecular weight is 302 g/mol. The minimum Gasteiger partial charge on any atom is -0.481 e. The van der Waals surface area contributed by atoms with Gasteiger partial charge in [0.05, 0.1) is 12.9 Å². The Morgan fingerprint density at radius 2 is 2.18 bits per heavy atom. The molecule has 0 bridgehead atoms. The van der Waals surface area contributed by atoms with E-state index >= 15 is 0 Å². The zero-order valence-corrected chi connectivity index (χ0v) is 12.1. The standard InChI is InChI=1S/C15H18N4O3/c16-22-14(4-1-5-15(20)21)13(10-19-8-7-18-11-19)12-3-2-6-17-9-12/h2-3,6-9,11H,1,4-5,10,16H2,(H,20,21). The molecule has 0 aliphatic rings. The highest BCUT2D eigenvalue weighted by Crippen LogP contribution is 2.24. The van der Waals surface area contributed by atoms with Crippen molar-refractivity contribution in [2.24, 2.45) is 5.90 Å². The van der Waals surface area contributed by atoms with Gasteiger partial charge in [-0.05, 0) is 12.5 Å². The molecule has 0 saturated carbocycles. The molecule has 7 nitrogen and oxygen atoms in total. The first-order valence-corrected chi connectivity index (χ1v) is 6.87. The second-order valence-electron chi connectivity index (χ2n) is 4.74. The summed E-state index contributed by atoms with van der Waals surface area (Å²) in [4.78, 5) is 23.8. The fourth-order valence-electron chi connectivity index (χ4n) is 2.13. The zero-order chi connectivity index (χ0) is 15.8. The van der Waals surface area contributed by atoms with Crippen LogP contribution < -0.4 is 5.90 Å². The molecule has 22 heavy (non-hydrogen) atoms. The van der Waals surface area contributed by atoms with Crippen molar-refractivity contribution >= 4 is 11.5 Å². The monoisotopic (exact) mass is 302 g/mol. The molecule has 0 saturated heterocycles. The van der Waals surface area contributed by atoms with E-state index in [1.165, 1.54) is 0 Å². The van der Waals surface area contributed by atoms with Crippen LogP contribution in [0.1, 0.15) is 24.8 Å². The maximum Gasteiger partial charge on any atom is 0.303 e. The molecule has 0 spiro atoms. The van der Waals surface area contributed by atoms with Crippen LogP contribution in [0.15, 0.2) is 49.0 Å². The Hall–Kier alpha value is -2.67. The van der Waals surface area contributed by atoms with Gasteiger partial charge in [-0.15, -0.1) is 0 Å². The smallest absolute Gasteiger partial charge is 0.303 e. The molecule has 0 amide bonds. The van der Waals surface area contributed by atoms with Gasteiger partial charge in [0.25, 0.3) is 0 Å². The van der Waals surface area contributed by atoms with Gasteiger partial charge in [-0.3, -0.25) is 9.78 Å². The molecular formula is C15H18N4O3. The number of aliphatic carboxylic acids is 1. The van der Waals surface area contributed by atoms with Crippen molar-refractivity contribution in [1.82, 2.24) is 14.5 Å². The van der Waals surface area contributed by atoms with Gasteiger partial charge in [-0.2, -0.15) is 5.90 Å². The number of hydrogen-bond acceptors (Lipinski definition) is 5. The molecule has 0 atom stereocenters. The highest BCUT2D eigenvalue weighted by molar-refractivity contribution is 5.68. The summed E-state index contributed by atoms with van der Waals surface area (Å²) in [7, 11) is 0. The first kappa shape index (κ1) is 15.7. The molecular weight excluding hydrogens is 284 g/mol. The Kier molecular flexibility index (Phi) is 5.67. The molecule has 0 radical (unpaired) electrons. The van der Waals surface area contributed by atoms with Gasteiger partial charge in [-0.25, -0.2) is 4.98 Å². The van der Waals surface area contributed by atoms with Crippen LogP contribution >= 0.6 is 0 Å². The number of aromatic nitrogens is 3. The van der Waals surface area contributed by atoms with Gasteiger partial charge in [0.2, 0.25) is 0 Å². The number of nitrogens with two attached hydrogens (primary N) is 1. The van der Waals surface area contributed by atoms with E-state index in [0.29, 0.717) is 25.1 Å². The van der Waals surface area contributed by atoms with Crippen molar-refractivity contribution in [3.05, 3.63) is 54.6 Å². The summed E-state index contributed by atoms with van der Waals surface area (Å²) < 4.78 is 1.89. The molecule has 2 aromatic heterocycles. The number of nitrogens with zero attached hydrogens (tertiary/aromatic N) is 3. The molecule has 0 aliphatic carbocycles. The summed E-state index contributed by atoms with van der Waals surface area (Å²) in [5.74, 6) is 5.13. The maximum atomic E-state index is 10.7. The van der Waals surface area contributed by atoms with Gasteiger partial charge in [0.15, 0.2) is 0 Å². The molecule has 3 N–H and O–H groups in total. The van der Waals surface area contributed by atoms with Crippen LogP contribution in [0.2, 0.25) is 0 Å². The van der Waals surface area contributed by atoms with E-state index in [4.69, 9.17) is 15.8 Å². The number of rotatable bonds is 8. The molecule has 116 valence electrons. The van der Waals surface area contributed by atoms with Crippen LogP contribution in [0.4, 0.5) is 0 Å². The van der Waals surface area contributed by atoms with E-state index in [1.54, 1.807) is 24.9 Å². The van der Waals surface area contributed by atoms with Crippen LogP contribution in [-0.2, 0) is 16.2 Å². The number of carboxylic acids is 1. The molecule has 0 fully saturated rings. The predicted molar refractivity (Wildman–Crippen MR) is 80.1 cm³/mol. The number of hydrogen-bond donors (Lipinski definition) is 2. The number of allylic oxidation sites excluding steroid dienone is 2. The minimum absolute atomic E-state index is 0.0677. The van der Waals surface area contributed by atoms with Crippen LogP contribution in [0, 0.1) is 0 Å². The summed E-state index contributed by atoms with van der Waals surface area (Å²) in [6.07, 6.45) is 9.60. The minimum atomic E-state index is -0.839. The molecule has 2 aromatic rings. The van der Waals surface area contributed by atoms with E-state index in [0.717, 1.165) is 11.1 Å². The molecule has 0 unspecified atom stereocenters. The van der Waals surface area contributed by atoms with Crippen LogP contribution in [0.3, 0.4) is 0 Å². The van der Waals surface area contributed by atoms with Crippen molar-refractivity contribution in [2.75, 3.05) is 0 Å². The van der Waals surface area contributed by atoms with Crippen molar-refractivity contribution in [3.8, 4) is 0 Å². The Balaban J connectivity index is 2.27. The quantitative estimate of drug-likeness (QED) is 0.569. The Labute approximate surface area is 128 Å². The lowest BCUT2D eigenvalue weighted by Gasteiger charge is -2.14. The average Bonchev–Trinajstić information content (AvgIpc) is 3.03. The molecule has 0 aliphatic heterocycles. The number of pyridine rings is 1. The molecule has 2 heterocycles. The van der Waals surface area contributed by atoms with E-state index in [1.807, 2.05) is 22.9 Å². The third-order valence-electron chi connectivity index (χ3n) is 3.18. The Bertz CT molecular complexity index is 624. The lowest BCUT2D eigenvalue weighted by atomic mass is 10.0. The Morgan fingerprint density at radius 3 is 2.77 bits per heavy atom. The fraction of sp³-hybridized carbons (Fsp3) is 0.267. The van der Waals surface area contributed by atoms with Gasteiger partial charge < -0.3 is 14.5 Å². The summed E-state index contributed by atoms with van der Waals surface area (Å²) in [6.45, 7) is 0.519. The van der Waals surface area contributed by atoms with Crippen LogP contribution in [0.5, 0.6) is 0 Å². The van der Waals surface area contributed by atoms with Gasteiger partial charge >= 0.3 is 5.97 Å². The first-order chi connectivity index (χ1) is 10.7. The second-order valence-corrected chi connectivity index (χ2v) is 4.74. The predicted octanol–water partition coefficient (Wildman–Crippen LogP) is 1.83. The van der Waals surface area contributed by atoms with E-state index < -0.39 is 5.97 Å².